The van der Waals surface area contributed by atoms with E-state index in [0.717, 1.165) is 17.1 Å². The van der Waals surface area contributed by atoms with Gasteiger partial charge in [0.2, 0.25) is 0 Å². The van der Waals surface area contributed by atoms with Gasteiger partial charge in [-0.25, -0.2) is 0 Å². The van der Waals surface area contributed by atoms with Crippen molar-refractivity contribution in [2.45, 2.75) is 6.92 Å². The van der Waals surface area contributed by atoms with E-state index in [2.05, 4.69) is 11.9 Å². The molecule has 2 rings (SSSR count). The molecule has 0 radical (unpaired) electrons. The van der Waals surface area contributed by atoms with Crippen LogP contribution < -0.4 is 10.9 Å². The van der Waals surface area contributed by atoms with Crippen molar-refractivity contribution < 1.29 is 0 Å². The van der Waals surface area contributed by atoms with Gasteiger partial charge >= 0.3 is 0 Å². The molecule has 86 valence electrons. The van der Waals surface area contributed by atoms with Crippen molar-refractivity contribution in [3.05, 3.63) is 71.3 Å². The highest BCUT2D eigenvalue weighted by molar-refractivity contribution is 5.53. The van der Waals surface area contributed by atoms with Crippen molar-refractivity contribution in [1.29, 1.82) is 0 Å². The van der Waals surface area contributed by atoms with Crippen LogP contribution >= 0.6 is 0 Å². The van der Waals surface area contributed by atoms with Gasteiger partial charge in [0, 0.05) is 23.6 Å². The number of pyridine rings is 1. The first-order valence-corrected chi connectivity index (χ1v) is 5.37. The van der Waals surface area contributed by atoms with Crippen LogP contribution in [-0.2, 0) is 0 Å². The molecule has 0 amide bonds. The summed E-state index contributed by atoms with van der Waals surface area (Å²) in [5, 5.41) is 3.12. The molecular weight excluding hydrogens is 212 g/mol. The Morgan fingerprint density at radius 2 is 2.06 bits per heavy atom. The summed E-state index contributed by atoms with van der Waals surface area (Å²) < 4.78 is 1.60. The molecule has 0 atom stereocenters. The normalized spacial score (nSPS) is 9.94. The van der Waals surface area contributed by atoms with Crippen molar-refractivity contribution >= 4 is 5.69 Å². The van der Waals surface area contributed by atoms with Crippen LogP contribution in [0.1, 0.15) is 6.92 Å². The number of anilines is 1. The van der Waals surface area contributed by atoms with Crippen molar-refractivity contribution in [2.24, 2.45) is 0 Å². The predicted molar refractivity (Wildman–Crippen MR) is 70.5 cm³/mol. The van der Waals surface area contributed by atoms with Gasteiger partial charge in [-0.15, -0.1) is 0 Å². The highest BCUT2D eigenvalue weighted by atomic mass is 16.1. The zero-order valence-corrected chi connectivity index (χ0v) is 9.68. The van der Waals surface area contributed by atoms with E-state index >= 15 is 0 Å². The summed E-state index contributed by atoms with van der Waals surface area (Å²) in [5.74, 6) is 0. The predicted octanol–water partition coefficient (Wildman–Crippen LogP) is 2.78. The van der Waals surface area contributed by atoms with E-state index in [1.807, 2.05) is 37.3 Å². The average Bonchev–Trinajstić information content (AvgIpc) is 2.29. The van der Waals surface area contributed by atoms with E-state index in [9.17, 15) is 4.79 Å². The van der Waals surface area contributed by atoms with Crippen LogP contribution in [0.15, 0.2) is 65.7 Å². The molecule has 1 aromatic heterocycles. The first-order chi connectivity index (χ1) is 8.16. The van der Waals surface area contributed by atoms with E-state index in [1.54, 1.807) is 22.9 Å². The zero-order valence-electron chi connectivity index (χ0n) is 9.68. The molecule has 1 aromatic carbocycles. The smallest absolute Gasteiger partial charge is 0.255 e. The molecule has 0 spiro atoms. The van der Waals surface area contributed by atoms with Gasteiger partial charge in [-0.3, -0.25) is 9.36 Å². The third-order valence-corrected chi connectivity index (χ3v) is 2.30. The second-order valence-electron chi connectivity index (χ2n) is 3.86. The summed E-state index contributed by atoms with van der Waals surface area (Å²) in [7, 11) is 0. The quantitative estimate of drug-likeness (QED) is 0.873. The largest absolute Gasteiger partial charge is 0.360 e. The lowest BCUT2D eigenvalue weighted by atomic mass is 10.2. The first-order valence-electron chi connectivity index (χ1n) is 5.37. The summed E-state index contributed by atoms with van der Waals surface area (Å²) >= 11 is 0. The van der Waals surface area contributed by atoms with E-state index in [-0.39, 0.29) is 5.56 Å². The molecule has 0 bridgehead atoms. The molecule has 0 fully saturated rings. The van der Waals surface area contributed by atoms with E-state index in [4.69, 9.17) is 0 Å². The third-order valence-electron chi connectivity index (χ3n) is 2.30. The van der Waals surface area contributed by atoms with Gasteiger partial charge in [-0.1, -0.05) is 18.7 Å². The third kappa shape index (κ3) is 2.64. The molecule has 17 heavy (non-hydrogen) atoms. The molecule has 3 nitrogen and oxygen atoms in total. The highest BCUT2D eigenvalue weighted by Crippen LogP contribution is 2.14. The second kappa shape index (κ2) is 4.70. The average molecular weight is 226 g/mol. The van der Waals surface area contributed by atoms with Crippen molar-refractivity contribution in [2.75, 3.05) is 5.32 Å². The van der Waals surface area contributed by atoms with Crippen LogP contribution in [0.4, 0.5) is 5.69 Å². The van der Waals surface area contributed by atoms with Gasteiger partial charge in [-0.05, 0) is 31.2 Å². The fraction of sp³-hybridized carbons (Fsp3) is 0.0714. The van der Waals surface area contributed by atoms with Gasteiger partial charge in [-0.2, -0.15) is 0 Å². The fourth-order valence-electron chi connectivity index (χ4n) is 1.62. The Bertz CT molecular complexity index is 599. The standard InChI is InChI=1S/C14H14N2O/c1-11(2)15-12-6-5-7-13(10-12)16-9-4-3-8-14(16)17/h3-10,15H,1H2,2H3. The number of nitrogens with zero attached hydrogens (tertiary/aromatic N) is 1. The maximum absolute atomic E-state index is 11.7. The summed E-state index contributed by atoms with van der Waals surface area (Å²) in [6.07, 6.45) is 1.75. The maximum Gasteiger partial charge on any atom is 0.255 e. The van der Waals surface area contributed by atoms with Crippen LogP contribution in [0.5, 0.6) is 0 Å². The fourth-order valence-corrected chi connectivity index (χ4v) is 1.62. The van der Waals surface area contributed by atoms with Crippen LogP contribution in [0.3, 0.4) is 0 Å². The van der Waals surface area contributed by atoms with Gasteiger partial charge in [0.1, 0.15) is 0 Å². The Kier molecular flexibility index (Phi) is 3.10. The Morgan fingerprint density at radius 1 is 1.24 bits per heavy atom. The van der Waals surface area contributed by atoms with Gasteiger partial charge in [0.25, 0.3) is 5.56 Å². The molecule has 0 aliphatic carbocycles. The zero-order chi connectivity index (χ0) is 12.3. The summed E-state index contributed by atoms with van der Waals surface area (Å²) in [4.78, 5) is 11.7. The SMILES string of the molecule is C=C(C)Nc1cccc(-n2ccccc2=O)c1. The minimum absolute atomic E-state index is 0.0417. The van der Waals surface area contributed by atoms with Crippen molar-refractivity contribution in [3.63, 3.8) is 0 Å². The molecule has 1 heterocycles. The van der Waals surface area contributed by atoms with E-state index in [0.29, 0.717) is 0 Å². The minimum Gasteiger partial charge on any atom is -0.360 e. The minimum atomic E-state index is -0.0417. The highest BCUT2D eigenvalue weighted by Gasteiger charge is 1.99. The van der Waals surface area contributed by atoms with Crippen molar-refractivity contribution in [3.8, 4) is 5.69 Å². The van der Waals surface area contributed by atoms with Gasteiger partial charge in [0.15, 0.2) is 0 Å². The molecule has 1 N–H and O–H groups in total. The summed E-state index contributed by atoms with van der Waals surface area (Å²) in [5.41, 5.74) is 2.58. The monoisotopic (exact) mass is 226 g/mol. The number of hydrogen-bond acceptors (Lipinski definition) is 2. The lowest BCUT2D eigenvalue weighted by Crippen LogP contribution is -2.15. The van der Waals surface area contributed by atoms with E-state index < -0.39 is 0 Å². The Balaban J connectivity index is 2.43. The molecule has 0 aliphatic rings. The van der Waals surface area contributed by atoms with Crippen molar-refractivity contribution in [1.82, 2.24) is 4.57 Å². The second-order valence-corrected chi connectivity index (χ2v) is 3.86. The number of rotatable bonds is 3. The summed E-state index contributed by atoms with van der Waals surface area (Å²) in [6, 6.07) is 12.8. The van der Waals surface area contributed by atoms with Gasteiger partial charge < -0.3 is 5.32 Å². The summed E-state index contributed by atoms with van der Waals surface area (Å²) in [6.45, 7) is 5.68. The molecule has 2 aromatic rings. The molecule has 0 unspecified atom stereocenters. The van der Waals surface area contributed by atoms with Crippen LogP contribution in [0.25, 0.3) is 5.69 Å². The van der Waals surface area contributed by atoms with E-state index in [1.165, 1.54) is 0 Å². The lowest BCUT2D eigenvalue weighted by Gasteiger charge is -2.09. The Hall–Kier alpha value is -2.29. The number of benzene rings is 1. The van der Waals surface area contributed by atoms with Crippen LogP contribution in [0.2, 0.25) is 0 Å². The molecule has 0 saturated heterocycles. The Morgan fingerprint density at radius 3 is 2.76 bits per heavy atom. The maximum atomic E-state index is 11.7. The first kappa shape index (κ1) is 11.2. The number of aromatic nitrogens is 1. The molecule has 0 saturated carbocycles. The Labute approximate surface area is 100 Å². The molecular formula is C14H14N2O. The van der Waals surface area contributed by atoms with Gasteiger partial charge in [0.05, 0.1) is 5.69 Å². The molecule has 3 heteroatoms. The topological polar surface area (TPSA) is 34.0 Å². The number of allylic oxidation sites excluding steroid dienone is 1. The van der Waals surface area contributed by atoms with Crippen LogP contribution in [-0.4, -0.2) is 4.57 Å². The van der Waals surface area contributed by atoms with Crippen LogP contribution in [0, 0.1) is 0 Å². The lowest BCUT2D eigenvalue weighted by molar-refractivity contribution is 0.991. The molecule has 0 aliphatic heterocycles. The number of nitrogens with one attached hydrogen (secondary N) is 1. The number of hydrogen-bond donors (Lipinski definition) is 1.